The number of rotatable bonds is 7. The first kappa shape index (κ1) is 16.1. The average molecular weight is 283 g/mol. The van der Waals surface area contributed by atoms with Crippen LogP contribution in [0.25, 0.3) is 0 Å². The molecule has 112 valence electrons. The van der Waals surface area contributed by atoms with Crippen molar-refractivity contribution in [3.63, 3.8) is 0 Å². The summed E-state index contributed by atoms with van der Waals surface area (Å²) < 4.78 is 15.6. The number of carbonyl (C=O) groups excluding carboxylic acids is 1. The van der Waals surface area contributed by atoms with Gasteiger partial charge < -0.3 is 24.6 Å². The van der Waals surface area contributed by atoms with E-state index < -0.39 is 0 Å². The van der Waals surface area contributed by atoms with Gasteiger partial charge in [-0.3, -0.25) is 4.79 Å². The second kappa shape index (κ2) is 7.59. The lowest BCUT2D eigenvalue weighted by atomic mass is 10.1. The fraction of sp³-hybridized carbons (Fsp3) is 0.500. The summed E-state index contributed by atoms with van der Waals surface area (Å²) in [6, 6.07) is 2.94. The van der Waals surface area contributed by atoms with E-state index in [1.807, 2.05) is 6.92 Å². The van der Waals surface area contributed by atoms with E-state index in [0.717, 1.165) is 0 Å². The zero-order chi connectivity index (χ0) is 15.1. The van der Waals surface area contributed by atoms with Gasteiger partial charge in [-0.1, -0.05) is 6.92 Å². The highest BCUT2D eigenvalue weighted by Gasteiger charge is 2.21. The van der Waals surface area contributed by atoms with E-state index in [4.69, 9.17) is 19.3 Å². The van der Waals surface area contributed by atoms with E-state index in [2.05, 4.69) is 5.32 Å². The van der Waals surface area contributed by atoms with Crippen LogP contribution in [-0.4, -0.2) is 45.0 Å². The Kier molecular flexibility index (Phi) is 6.11. The van der Waals surface area contributed by atoms with Crippen molar-refractivity contribution in [1.29, 1.82) is 0 Å². The Morgan fingerprint density at radius 3 is 2.30 bits per heavy atom. The molecular formula is C14H21NO5. The average Bonchev–Trinajstić information content (AvgIpc) is 2.50. The Bertz CT molecular complexity index is 457. The molecule has 0 spiro atoms. The van der Waals surface area contributed by atoms with Crippen LogP contribution in [-0.2, 0) is 0 Å². The molecule has 1 unspecified atom stereocenters. The maximum absolute atomic E-state index is 12.2. The van der Waals surface area contributed by atoms with Gasteiger partial charge in [-0.2, -0.15) is 0 Å². The van der Waals surface area contributed by atoms with E-state index >= 15 is 0 Å². The predicted octanol–water partition coefficient (Wildman–Crippen LogP) is 1.21. The number of methoxy groups -OCH3 is 3. The Labute approximate surface area is 118 Å². The minimum Gasteiger partial charge on any atom is -0.493 e. The van der Waals surface area contributed by atoms with Gasteiger partial charge in [0.05, 0.1) is 39.5 Å². The van der Waals surface area contributed by atoms with Crippen LogP contribution in [0.4, 0.5) is 0 Å². The summed E-state index contributed by atoms with van der Waals surface area (Å²) in [7, 11) is 4.44. The van der Waals surface area contributed by atoms with E-state index in [9.17, 15) is 4.79 Å². The SMILES string of the molecule is CCC(CO)NC(=O)c1ccc(OC)c(OC)c1OC. The highest BCUT2D eigenvalue weighted by Crippen LogP contribution is 2.39. The van der Waals surface area contributed by atoms with Crippen molar-refractivity contribution < 1.29 is 24.1 Å². The summed E-state index contributed by atoms with van der Waals surface area (Å²) >= 11 is 0. The van der Waals surface area contributed by atoms with Crippen LogP contribution < -0.4 is 19.5 Å². The lowest BCUT2D eigenvalue weighted by molar-refractivity contribution is 0.0911. The maximum Gasteiger partial charge on any atom is 0.255 e. The summed E-state index contributed by atoms with van der Waals surface area (Å²) in [5, 5.41) is 11.9. The van der Waals surface area contributed by atoms with Gasteiger partial charge in [-0.15, -0.1) is 0 Å². The molecule has 6 nitrogen and oxygen atoms in total. The zero-order valence-electron chi connectivity index (χ0n) is 12.2. The van der Waals surface area contributed by atoms with Gasteiger partial charge in [0.25, 0.3) is 5.91 Å². The highest BCUT2D eigenvalue weighted by molar-refractivity contribution is 5.98. The number of hydrogen-bond acceptors (Lipinski definition) is 5. The summed E-state index contributed by atoms with van der Waals surface area (Å²) in [4.78, 5) is 12.2. The van der Waals surface area contributed by atoms with Gasteiger partial charge in [0, 0.05) is 0 Å². The quantitative estimate of drug-likeness (QED) is 0.786. The molecule has 0 aliphatic heterocycles. The number of ether oxygens (including phenoxy) is 3. The molecule has 0 bridgehead atoms. The fourth-order valence-corrected chi connectivity index (χ4v) is 1.82. The van der Waals surface area contributed by atoms with Crippen LogP contribution >= 0.6 is 0 Å². The molecule has 20 heavy (non-hydrogen) atoms. The van der Waals surface area contributed by atoms with Crippen LogP contribution in [0, 0.1) is 0 Å². The largest absolute Gasteiger partial charge is 0.493 e. The number of hydrogen-bond donors (Lipinski definition) is 2. The molecule has 0 aliphatic carbocycles. The predicted molar refractivity (Wildman–Crippen MR) is 74.7 cm³/mol. The third-order valence-corrected chi connectivity index (χ3v) is 3.00. The first-order chi connectivity index (χ1) is 9.62. The molecule has 0 radical (unpaired) electrons. The molecule has 0 saturated heterocycles. The van der Waals surface area contributed by atoms with Crippen LogP contribution in [0.2, 0.25) is 0 Å². The third-order valence-electron chi connectivity index (χ3n) is 3.00. The number of aliphatic hydroxyl groups is 1. The molecule has 1 aromatic carbocycles. The van der Waals surface area contributed by atoms with Crippen LogP contribution in [0.15, 0.2) is 12.1 Å². The second-order valence-electron chi connectivity index (χ2n) is 4.14. The monoisotopic (exact) mass is 283 g/mol. The van der Waals surface area contributed by atoms with Gasteiger partial charge in [0.2, 0.25) is 5.75 Å². The minimum atomic E-state index is -0.330. The van der Waals surface area contributed by atoms with Gasteiger partial charge >= 0.3 is 0 Å². The molecule has 0 aliphatic rings. The van der Waals surface area contributed by atoms with Gasteiger partial charge in [0.1, 0.15) is 0 Å². The Balaban J connectivity index is 3.14. The van der Waals surface area contributed by atoms with Gasteiger partial charge in [-0.05, 0) is 18.6 Å². The van der Waals surface area contributed by atoms with Crippen molar-refractivity contribution in [2.24, 2.45) is 0 Å². The molecule has 0 saturated carbocycles. The maximum atomic E-state index is 12.2. The second-order valence-corrected chi connectivity index (χ2v) is 4.14. The van der Waals surface area contributed by atoms with Crippen LogP contribution in [0.3, 0.4) is 0 Å². The van der Waals surface area contributed by atoms with Crippen molar-refractivity contribution >= 4 is 5.91 Å². The molecule has 1 rings (SSSR count). The van der Waals surface area contributed by atoms with Crippen LogP contribution in [0.5, 0.6) is 17.2 Å². The fourth-order valence-electron chi connectivity index (χ4n) is 1.82. The van der Waals surface area contributed by atoms with Gasteiger partial charge in [-0.25, -0.2) is 0 Å². The summed E-state index contributed by atoms with van der Waals surface area (Å²) in [6.07, 6.45) is 0.637. The molecule has 0 aromatic heterocycles. The van der Waals surface area contributed by atoms with Crippen molar-refractivity contribution in [1.82, 2.24) is 5.32 Å². The number of nitrogens with one attached hydrogen (secondary N) is 1. The highest BCUT2D eigenvalue weighted by atomic mass is 16.5. The molecule has 2 N–H and O–H groups in total. The zero-order valence-corrected chi connectivity index (χ0v) is 12.2. The summed E-state index contributed by atoms with van der Waals surface area (Å²) in [5.74, 6) is 0.815. The van der Waals surface area contributed by atoms with Crippen LogP contribution in [0.1, 0.15) is 23.7 Å². The lowest BCUT2D eigenvalue weighted by Gasteiger charge is -2.18. The summed E-state index contributed by atoms with van der Waals surface area (Å²) in [6.45, 7) is 1.77. The van der Waals surface area contributed by atoms with E-state index in [-0.39, 0.29) is 18.6 Å². The van der Waals surface area contributed by atoms with E-state index in [1.165, 1.54) is 21.3 Å². The normalized spacial score (nSPS) is 11.7. The molecule has 1 atom stereocenters. The standard InChI is InChI=1S/C14H21NO5/c1-5-9(8-16)15-14(17)10-6-7-11(18-2)13(20-4)12(10)19-3/h6-7,9,16H,5,8H2,1-4H3,(H,15,17). The van der Waals surface area contributed by atoms with E-state index in [0.29, 0.717) is 29.2 Å². The first-order valence-corrected chi connectivity index (χ1v) is 6.33. The Morgan fingerprint density at radius 1 is 1.20 bits per heavy atom. The smallest absolute Gasteiger partial charge is 0.255 e. The van der Waals surface area contributed by atoms with Crippen molar-refractivity contribution in [2.75, 3.05) is 27.9 Å². The van der Waals surface area contributed by atoms with E-state index in [1.54, 1.807) is 12.1 Å². The topological polar surface area (TPSA) is 77.0 Å². The first-order valence-electron chi connectivity index (χ1n) is 6.33. The molecule has 1 aromatic rings. The molecule has 6 heteroatoms. The lowest BCUT2D eigenvalue weighted by Crippen LogP contribution is -2.37. The summed E-state index contributed by atoms with van der Waals surface area (Å²) in [5.41, 5.74) is 0.331. The molecule has 1 amide bonds. The van der Waals surface area contributed by atoms with Crippen molar-refractivity contribution in [2.45, 2.75) is 19.4 Å². The number of aliphatic hydroxyl groups excluding tert-OH is 1. The number of amides is 1. The molecule has 0 fully saturated rings. The Hall–Kier alpha value is -1.95. The van der Waals surface area contributed by atoms with Crippen molar-refractivity contribution in [3.05, 3.63) is 17.7 Å². The number of carbonyl (C=O) groups is 1. The Morgan fingerprint density at radius 2 is 1.85 bits per heavy atom. The minimum absolute atomic E-state index is 0.113. The third kappa shape index (κ3) is 3.33. The van der Waals surface area contributed by atoms with Gasteiger partial charge in [0.15, 0.2) is 11.5 Å². The van der Waals surface area contributed by atoms with Crippen molar-refractivity contribution in [3.8, 4) is 17.2 Å². The molecular weight excluding hydrogens is 262 g/mol. The molecule has 0 heterocycles. The number of benzene rings is 1.